The number of rotatable bonds is 6. The molecule has 2 rings (SSSR count). The molecule has 0 bridgehead atoms. The zero-order valence-corrected chi connectivity index (χ0v) is 12.6. The SMILES string of the molecule is CCCC(CC)(CN)c1ccc(-c2ccccc2)cc1. The number of benzene rings is 2. The molecule has 0 saturated carbocycles. The second-order valence-corrected chi connectivity index (χ2v) is 5.53. The monoisotopic (exact) mass is 267 g/mol. The van der Waals surface area contributed by atoms with E-state index >= 15 is 0 Å². The van der Waals surface area contributed by atoms with E-state index in [2.05, 4.69) is 68.4 Å². The van der Waals surface area contributed by atoms with Crippen LogP contribution in [0.5, 0.6) is 0 Å². The van der Waals surface area contributed by atoms with Crippen LogP contribution in [0.4, 0.5) is 0 Å². The van der Waals surface area contributed by atoms with E-state index < -0.39 is 0 Å². The highest BCUT2D eigenvalue weighted by Gasteiger charge is 2.27. The van der Waals surface area contributed by atoms with Crippen molar-refractivity contribution in [3.05, 3.63) is 60.2 Å². The van der Waals surface area contributed by atoms with Gasteiger partial charge in [-0.25, -0.2) is 0 Å². The molecule has 0 aliphatic rings. The predicted molar refractivity (Wildman–Crippen MR) is 87.8 cm³/mol. The van der Waals surface area contributed by atoms with Crippen LogP contribution in [0.25, 0.3) is 11.1 Å². The molecule has 0 radical (unpaired) electrons. The lowest BCUT2D eigenvalue weighted by molar-refractivity contribution is 0.385. The molecule has 2 aromatic rings. The largest absolute Gasteiger partial charge is 0.330 e. The maximum Gasteiger partial charge on any atom is 0.00728 e. The van der Waals surface area contributed by atoms with Crippen molar-refractivity contribution in [3.63, 3.8) is 0 Å². The second-order valence-electron chi connectivity index (χ2n) is 5.53. The number of hydrogen-bond acceptors (Lipinski definition) is 1. The van der Waals surface area contributed by atoms with Gasteiger partial charge in [0.15, 0.2) is 0 Å². The van der Waals surface area contributed by atoms with E-state index in [9.17, 15) is 0 Å². The lowest BCUT2D eigenvalue weighted by Gasteiger charge is -2.32. The minimum atomic E-state index is 0.143. The molecule has 0 fully saturated rings. The molecule has 0 heterocycles. The average molecular weight is 267 g/mol. The Morgan fingerprint density at radius 2 is 1.45 bits per heavy atom. The van der Waals surface area contributed by atoms with Gasteiger partial charge in [0.1, 0.15) is 0 Å². The molecule has 1 unspecified atom stereocenters. The molecule has 0 saturated heterocycles. The Labute approximate surface area is 122 Å². The summed E-state index contributed by atoms with van der Waals surface area (Å²) in [6.07, 6.45) is 3.43. The Kier molecular flexibility index (Phi) is 4.97. The molecule has 0 aromatic heterocycles. The molecular weight excluding hydrogens is 242 g/mol. The summed E-state index contributed by atoms with van der Waals surface area (Å²) >= 11 is 0. The van der Waals surface area contributed by atoms with Gasteiger partial charge in [-0.05, 0) is 29.5 Å². The average Bonchev–Trinajstić information content (AvgIpc) is 2.54. The Morgan fingerprint density at radius 1 is 0.850 bits per heavy atom. The third kappa shape index (κ3) is 2.94. The smallest absolute Gasteiger partial charge is 0.00728 e. The summed E-state index contributed by atoms with van der Waals surface area (Å²) < 4.78 is 0. The van der Waals surface area contributed by atoms with E-state index in [-0.39, 0.29) is 5.41 Å². The first-order chi connectivity index (χ1) is 9.75. The van der Waals surface area contributed by atoms with E-state index in [0.29, 0.717) is 0 Å². The molecule has 2 N–H and O–H groups in total. The van der Waals surface area contributed by atoms with Gasteiger partial charge in [0.05, 0.1) is 0 Å². The zero-order chi connectivity index (χ0) is 14.4. The van der Waals surface area contributed by atoms with Gasteiger partial charge in [-0.1, -0.05) is 74.9 Å². The van der Waals surface area contributed by atoms with Crippen LogP contribution < -0.4 is 5.73 Å². The topological polar surface area (TPSA) is 26.0 Å². The van der Waals surface area contributed by atoms with E-state index in [4.69, 9.17) is 5.73 Å². The third-order valence-electron chi connectivity index (χ3n) is 4.40. The molecule has 0 amide bonds. The van der Waals surface area contributed by atoms with Crippen LogP contribution in [0.1, 0.15) is 38.7 Å². The summed E-state index contributed by atoms with van der Waals surface area (Å²) in [4.78, 5) is 0. The number of hydrogen-bond donors (Lipinski definition) is 1. The van der Waals surface area contributed by atoms with Crippen LogP contribution in [0.15, 0.2) is 54.6 Å². The predicted octanol–water partition coefficient (Wildman–Crippen LogP) is 4.76. The molecule has 0 aliphatic carbocycles. The summed E-state index contributed by atoms with van der Waals surface area (Å²) in [6.45, 7) is 5.20. The van der Waals surface area contributed by atoms with Crippen molar-refractivity contribution >= 4 is 0 Å². The summed E-state index contributed by atoms with van der Waals surface area (Å²) in [7, 11) is 0. The van der Waals surface area contributed by atoms with Crippen molar-refractivity contribution in [2.45, 2.75) is 38.5 Å². The summed E-state index contributed by atoms with van der Waals surface area (Å²) in [5, 5.41) is 0. The van der Waals surface area contributed by atoms with Crippen LogP contribution >= 0.6 is 0 Å². The second kappa shape index (κ2) is 6.71. The Hall–Kier alpha value is -1.60. The fourth-order valence-corrected chi connectivity index (χ4v) is 3.01. The van der Waals surface area contributed by atoms with Gasteiger partial charge in [-0.3, -0.25) is 0 Å². The van der Waals surface area contributed by atoms with Crippen molar-refractivity contribution in [3.8, 4) is 11.1 Å². The lowest BCUT2D eigenvalue weighted by Crippen LogP contribution is -2.34. The molecule has 2 aromatic carbocycles. The lowest BCUT2D eigenvalue weighted by atomic mass is 9.74. The van der Waals surface area contributed by atoms with Crippen LogP contribution in [0, 0.1) is 0 Å². The van der Waals surface area contributed by atoms with E-state index in [1.807, 2.05) is 0 Å². The van der Waals surface area contributed by atoms with Gasteiger partial charge < -0.3 is 5.73 Å². The van der Waals surface area contributed by atoms with Crippen molar-refractivity contribution in [2.24, 2.45) is 5.73 Å². The Balaban J connectivity index is 2.31. The van der Waals surface area contributed by atoms with Gasteiger partial charge in [-0.15, -0.1) is 0 Å². The molecule has 0 aliphatic heterocycles. The molecular formula is C19H25N. The minimum absolute atomic E-state index is 0.143. The maximum absolute atomic E-state index is 6.09. The van der Waals surface area contributed by atoms with Crippen molar-refractivity contribution < 1.29 is 0 Å². The first kappa shape index (κ1) is 14.8. The first-order valence-corrected chi connectivity index (χ1v) is 7.62. The quantitative estimate of drug-likeness (QED) is 0.802. The van der Waals surface area contributed by atoms with Crippen LogP contribution in [-0.2, 0) is 5.41 Å². The normalized spacial score (nSPS) is 13.9. The molecule has 106 valence electrons. The van der Waals surface area contributed by atoms with Crippen molar-refractivity contribution in [1.29, 1.82) is 0 Å². The van der Waals surface area contributed by atoms with Crippen molar-refractivity contribution in [2.75, 3.05) is 6.54 Å². The maximum atomic E-state index is 6.09. The van der Waals surface area contributed by atoms with E-state index in [0.717, 1.165) is 19.4 Å². The highest BCUT2D eigenvalue weighted by molar-refractivity contribution is 5.63. The van der Waals surface area contributed by atoms with Gasteiger partial charge >= 0.3 is 0 Å². The highest BCUT2D eigenvalue weighted by Crippen LogP contribution is 2.33. The molecule has 1 atom stereocenters. The fraction of sp³-hybridized carbons (Fsp3) is 0.368. The van der Waals surface area contributed by atoms with Crippen LogP contribution in [0.3, 0.4) is 0 Å². The Bertz CT molecular complexity index is 509. The summed E-state index contributed by atoms with van der Waals surface area (Å²) in [5.41, 5.74) is 10.1. The minimum Gasteiger partial charge on any atom is -0.330 e. The van der Waals surface area contributed by atoms with Crippen LogP contribution in [0.2, 0.25) is 0 Å². The van der Waals surface area contributed by atoms with Gasteiger partial charge in [0, 0.05) is 12.0 Å². The van der Waals surface area contributed by atoms with E-state index in [1.165, 1.54) is 23.1 Å². The van der Waals surface area contributed by atoms with E-state index in [1.54, 1.807) is 0 Å². The van der Waals surface area contributed by atoms with Gasteiger partial charge in [0.25, 0.3) is 0 Å². The standard InChI is InChI=1S/C19H25N/c1-3-14-19(4-2,15-20)18-12-10-17(11-13-18)16-8-6-5-7-9-16/h5-13H,3-4,14-15,20H2,1-2H3. The summed E-state index contributed by atoms with van der Waals surface area (Å²) in [5.74, 6) is 0. The first-order valence-electron chi connectivity index (χ1n) is 7.62. The molecule has 1 heteroatoms. The zero-order valence-electron chi connectivity index (χ0n) is 12.6. The Morgan fingerprint density at radius 3 is 1.95 bits per heavy atom. The number of nitrogens with two attached hydrogens (primary N) is 1. The fourth-order valence-electron chi connectivity index (χ4n) is 3.01. The molecule has 20 heavy (non-hydrogen) atoms. The third-order valence-corrected chi connectivity index (χ3v) is 4.40. The van der Waals surface area contributed by atoms with Crippen molar-refractivity contribution in [1.82, 2.24) is 0 Å². The van der Waals surface area contributed by atoms with Crippen LogP contribution in [-0.4, -0.2) is 6.54 Å². The molecule has 1 nitrogen and oxygen atoms in total. The van der Waals surface area contributed by atoms with Gasteiger partial charge in [-0.2, -0.15) is 0 Å². The summed E-state index contributed by atoms with van der Waals surface area (Å²) in [6, 6.07) is 19.5. The molecule has 0 spiro atoms. The highest BCUT2D eigenvalue weighted by atomic mass is 14.6. The van der Waals surface area contributed by atoms with Gasteiger partial charge in [0.2, 0.25) is 0 Å².